The summed E-state index contributed by atoms with van der Waals surface area (Å²) in [6, 6.07) is 10.3. The summed E-state index contributed by atoms with van der Waals surface area (Å²) in [6.45, 7) is 0. The first-order valence-electron chi connectivity index (χ1n) is 3.31. The predicted octanol–water partition coefficient (Wildman–Crippen LogP) is 1.77. The highest BCUT2D eigenvalue weighted by atomic mass is 79.9. The monoisotopic (exact) mass is 246 g/mol. The maximum absolute atomic E-state index is 4.62. The molecule has 0 aliphatic heterocycles. The van der Waals surface area contributed by atoms with Crippen molar-refractivity contribution < 1.29 is 0 Å². The van der Waals surface area contributed by atoms with Crippen LogP contribution in [0.15, 0.2) is 30.3 Å². The van der Waals surface area contributed by atoms with Gasteiger partial charge in [0, 0.05) is 5.33 Å². The molecule has 12 heavy (non-hydrogen) atoms. The van der Waals surface area contributed by atoms with Gasteiger partial charge in [-0.3, -0.25) is 0 Å². The van der Waals surface area contributed by atoms with Crippen molar-refractivity contribution in [3.05, 3.63) is 35.9 Å². The molecule has 0 aliphatic rings. The molecule has 1 aromatic rings. The van der Waals surface area contributed by atoms with E-state index in [1.165, 1.54) is 5.56 Å². The lowest BCUT2D eigenvalue weighted by atomic mass is 10.2. The van der Waals surface area contributed by atoms with Crippen LogP contribution in [-0.2, 0) is 5.33 Å². The molecule has 66 valence electrons. The summed E-state index contributed by atoms with van der Waals surface area (Å²) in [4.78, 5) is 0. The average Bonchev–Trinajstić information content (AvgIpc) is 2.05. The van der Waals surface area contributed by atoms with Gasteiger partial charge in [0.15, 0.2) is 5.11 Å². The van der Waals surface area contributed by atoms with E-state index in [2.05, 4.69) is 51.7 Å². The number of hydrogen-bond donors (Lipinski definition) is 2. The normalized spacial score (nSPS) is 8.08. The highest BCUT2D eigenvalue weighted by Gasteiger charge is 1.81. The largest absolute Gasteiger partial charge is 0.377 e. The van der Waals surface area contributed by atoms with Crippen LogP contribution in [0.3, 0.4) is 0 Å². The van der Waals surface area contributed by atoms with E-state index in [0.717, 1.165) is 5.33 Å². The maximum atomic E-state index is 4.62. The first kappa shape index (κ1) is 11.4. The lowest BCUT2D eigenvalue weighted by molar-refractivity contribution is 1.44. The second-order valence-electron chi connectivity index (χ2n) is 2.02. The van der Waals surface area contributed by atoms with Crippen LogP contribution in [-0.4, -0.2) is 5.11 Å². The molecule has 0 spiro atoms. The van der Waals surface area contributed by atoms with Crippen LogP contribution in [0.5, 0.6) is 0 Å². The van der Waals surface area contributed by atoms with E-state index in [9.17, 15) is 0 Å². The molecular weight excluding hydrogens is 236 g/mol. The van der Waals surface area contributed by atoms with Gasteiger partial charge in [0.2, 0.25) is 0 Å². The molecule has 0 unspecified atom stereocenters. The summed E-state index contributed by atoms with van der Waals surface area (Å²) in [6.07, 6.45) is 0. The smallest absolute Gasteiger partial charge is 0.160 e. The number of nitrogens with two attached hydrogens (primary N) is 2. The van der Waals surface area contributed by atoms with Crippen LogP contribution >= 0.6 is 28.1 Å². The van der Waals surface area contributed by atoms with Gasteiger partial charge in [0.25, 0.3) is 0 Å². The quantitative estimate of drug-likeness (QED) is 0.587. The fraction of sp³-hybridized carbons (Fsp3) is 0.125. The summed E-state index contributed by atoms with van der Waals surface area (Å²) in [5.41, 5.74) is 10.6. The predicted molar refractivity (Wildman–Crippen MR) is 60.0 cm³/mol. The summed E-state index contributed by atoms with van der Waals surface area (Å²) in [5.74, 6) is 0. The van der Waals surface area contributed by atoms with Gasteiger partial charge in [0.1, 0.15) is 0 Å². The van der Waals surface area contributed by atoms with Gasteiger partial charge in [-0.1, -0.05) is 46.3 Å². The lowest BCUT2D eigenvalue weighted by Crippen LogP contribution is -2.18. The molecular formula is C8H11BrN2S. The zero-order valence-electron chi connectivity index (χ0n) is 6.53. The van der Waals surface area contributed by atoms with E-state index in [1.54, 1.807) is 0 Å². The van der Waals surface area contributed by atoms with Crippen molar-refractivity contribution in [2.45, 2.75) is 5.33 Å². The van der Waals surface area contributed by atoms with Crippen molar-refractivity contribution in [2.24, 2.45) is 11.5 Å². The number of hydrogen-bond acceptors (Lipinski definition) is 1. The Balaban J connectivity index is 0.000000261. The van der Waals surface area contributed by atoms with E-state index in [4.69, 9.17) is 0 Å². The van der Waals surface area contributed by atoms with E-state index in [0.29, 0.717) is 0 Å². The number of benzene rings is 1. The average molecular weight is 247 g/mol. The van der Waals surface area contributed by atoms with Gasteiger partial charge >= 0.3 is 0 Å². The summed E-state index contributed by atoms with van der Waals surface area (Å²) in [5, 5.41) is 0.952. The molecule has 4 heteroatoms. The second-order valence-corrected chi connectivity index (χ2v) is 3.05. The van der Waals surface area contributed by atoms with E-state index in [1.807, 2.05) is 18.2 Å². The summed E-state index contributed by atoms with van der Waals surface area (Å²) >= 11 is 7.45. The van der Waals surface area contributed by atoms with Gasteiger partial charge in [0.05, 0.1) is 0 Å². The Hall–Kier alpha value is -0.610. The fourth-order valence-corrected chi connectivity index (χ4v) is 0.941. The molecule has 1 rings (SSSR count). The molecule has 0 amide bonds. The highest BCUT2D eigenvalue weighted by Crippen LogP contribution is 2.02. The van der Waals surface area contributed by atoms with Crippen molar-refractivity contribution in [2.75, 3.05) is 0 Å². The van der Waals surface area contributed by atoms with Crippen molar-refractivity contribution in [1.29, 1.82) is 0 Å². The number of rotatable bonds is 1. The molecule has 1 aromatic carbocycles. The van der Waals surface area contributed by atoms with Gasteiger partial charge in [-0.25, -0.2) is 0 Å². The standard InChI is InChI=1S/C7H7Br.CH4N2S/c8-6-7-4-2-1-3-5-7;2-1(3)4/h1-5H,6H2;(H4,2,3,4). The number of halogens is 1. The number of thiocarbonyl (C=S) groups is 1. The molecule has 0 bridgehead atoms. The van der Waals surface area contributed by atoms with Gasteiger partial charge in [-0.15, -0.1) is 0 Å². The Bertz CT molecular complexity index is 222. The van der Waals surface area contributed by atoms with Gasteiger partial charge in [-0.05, 0) is 17.8 Å². The van der Waals surface area contributed by atoms with Crippen LogP contribution in [0.25, 0.3) is 0 Å². The third kappa shape index (κ3) is 7.50. The van der Waals surface area contributed by atoms with E-state index >= 15 is 0 Å². The van der Waals surface area contributed by atoms with Crippen LogP contribution in [0.1, 0.15) is 5.56 Å². The molecule has 0 aromatic heterocycles. The summed E-state index contributed by atoms with van der Waals surface area (Å²) in [7, 11) is 0. The molecule has 0 radical (unpaired) electrons. The SMILES string of the molecule is BrCc1ccccc1.NC(N)=S. The third-order valence-corrected chi connectivity index (χ3v) is 1.64. The molecule has 0 fully saturated rings. The topological polar surface area (TPSA) is 52.0 Å². The molecule has 2 nitrogen and oxygen atoms in total. The van der Waals surface area contributed by atoms with Gasteiger partial charge < -0.3 is 11.5 Å². The Kier molecular flexibility index (Phi) is 6.70. The van der Waals surface area contributed by atoms with Crippen molar-refractivity contribution in [1.82, 2.24) is 0 Å². The minimum absolute atomic E-state index is 0.000000000000000222. The molecule has 0 aliphatic carbocycles. The molecule has 0 saturated heterocycles. The molecule has 4 N–H and O–H groups in total. The third-order valence-electron chi connectivity index (χ3n) is 0.997. The minimum Gasteiger partial charge on any atom is -0.377 e. The second kappa shape index (κ2) is 7.06. The first-order valence-corrected chi connectivity index (χ1v) is 4.84. The Labute approximate surface area is 86.1 Å². The molecule has 0 heterocycles. The number of alkyl halides is 1. The molecule has 0 saturated carbocycles. The zero-order chi connectivity index (χ0) is 9.40. The van der Waals surface area contributed by atoms with E-state index < -0.39 is 0 Å². The first-order chi connectivity index (χ1) is 5.66. The minimum atomic E-state index is 0.000000000000000222. The fourth-order valence-electron chi connectivity index (χ4n) is 0.567. The van der Waals surface area contributed by atoms with Crippen molar-refractivity contribution >= 4 is 33.3 Å². The van der Waals surface area contributed by atoms with Crippen LogP contribution in [0.2, 0.25) is 0 Å². The van der Waals surface area contributed by atoms with Crippen molar-refractivity contribution in [3.8, 4) is 0 Å². The maximum Gasteiger partial charge on any atom is 0.160 e. The van der Waals surface area contributed by atoms with Crippen LogP contribution in [0.4, 0.5) is 0 Å². The molecule has 0 atom stereocenters. The van der Waals surface area contributed by atoms with Crippen LogP contribution < -0.4 is 11.5 Å². The Morgan fingerprint density at radius 2 is 1.67 bits per heavy atom. The van der Waals surface area contributed by atoms with Crippen LogP contribution in [0, 0.1) is 0 Å². The Morgan fingerprint density at radius 3 is 1.92 bits per heavy atom. The van der Waals surface area contributed by atoms with Gasteiger partial charge in [-0.2, -0.15) is 0 Å². The highest BCUT2D eigenvalue weighted by molar-refractivity contribution is 9.08. The summed E-state index contributed by atoms with van der Waals surface area (Å²) < 4.78 is 0. The van der Waals surface area contributed by atoms with Crippen molar-refractivity contribution in [3.63, 3.8) is 0 Å². The lowest BCUT2D eigenvalue weighted by Gasteiger charge is -1.88. The Morgan fingerprint density at radius 1 is 1.25 bits per heavy atom. The zero-order valence-corrected chi connectivity index (χ0v) is 8.94. The van der Waals surface area contributed by atoms with E-state index in [-0.39, 0.29) is 5.11 Å².